The zero-order chi connectivity index (χ0) is 16.8. The van der Waals surface area contributed by atoms with Crippen molar-refractivity contribution < 1.29 is 5.11 Å². The summed E-state index contributed by atoms with van der Waals surface area (Å²) in [5, 5.41) is 14.7. The molecule has 2 atom stereocenters. The van der Waals surface area contributed by atoms with Crippen molar-refractivity contribution in [1.82, 2.24) is 5.32 Å². The van der Waals surface area contributed by atoms with E-state index in [1.165, 1.54) is 56.1 Å². The van der Waals surface area contributed by atoms with Crippen molar-refractivity contribution in [3.8, 4) is 0 Å². The summed E-state index contributed by atoms with van der Waals surface area (Å²) in [6.07, 6.45) is 11.0. The van der Waals surface area contributed by atoms with Crippen molar-refractivity contribution in [2.75, 3.05) is 0 Å². The Bertz CT molecular complexity index is 643. The zero-order valence-electron chi connectivity index (χ0n) is 14.7. The predicted octanol–water partition coefficient (Wildman–Crippen LogP) is 4.09. The van der Waals surface area contributed by atoms with Crippen LogP contribution in [0.4, 0.5) is 0 Å². The highest BCUT2D eigenvalue weighted by Gasteiger charge is 2.47. The van der Waals surface area contributed by atoms with Crippen molar-refractivity contribution in [2.24, 2.45) is 16.6 Å². The normalized spacial score (nSPS) is 37.8. The molecule has 24 heavy (non-hydrogen) atoms. The molecule has 130 valence electrons. The summed E-state index contributed by atoms with van der Waals surface area (Å²) in [7, 11) is 0. The molecule has 1 aromatic carbocycles. The summed E-state index contributed by atoms with van der Waals surface area (Å²) in [6.45, 7) is 2.45. The lowest BCUT2D eigenvalue weighted by molar-refractivity contribution is -0.0287. The van der Waals surface area contributed by atoms with Gasteiger partial charge in [0.15, 0.2) is 0 Å². The van der Waals surface area contributed by atoms with Crippen LogP contribution in [-0.4, -0.2) is 11.2 Å². The van der Waals surface area contributed by atoms with Crippen LogP contribution in [0.5, 0.6) is 0 Å². The van der Waals surface area contributed by atoms with Crippen LogP contribution >= 0.6 is 0 Å². The van der Waals surface area contributed by atoms with Gasteiger partial charge in [0.2, 0.25) is 0 Å². The second-order valence-electron chi connectivity index (χ2n) is 8.64. The van der Waals surface area contributed by atoms with Crippen molar-refractivity contribution in [3.63, 3.8) is 0 Å². The van der Waals surface area contributed by atoms with E-state index >= 15 is 0 Å². The Balaban J connectivity index is 1.54. The molecule has 3 nitrogen and oxygen atoms in total. The van der Waals surface area contributed by atoms with E-state index in [1.54, 1.807) is 6.20 Å². The van der Waals surface area contributed by atoms with Gasteiger partial charge in [-0.3, -0.25) is 0 Å². The third kappa shape index (κ3) is 2.54. The van der Waals surface area contributed by atoms with Crippen LogP contribution in [0.25, 0.3) is 5.70 Å². The Kier molecular flexibility index (Phi) is 3.87. The Morgan fingerprint density at radius 1 is 1.21 bits per heavy atom. The molecule has 1 heterocycles. The molecule has 0 aromatic heterocycles. The number of nitrogens with one attached hydrogen (secondary N) is 1. The number of rotatable bonds is 3. The number of aliphatic hydroxyl groups is 1. The molecule has 2 bridgehead atoms. The third-order valence-corrected chi connectivity index (χ3v) is 7.20. The molecule has 1 aliphatic heterocycles. The van der Waals surface area contributed by atoms with Gasteiger partial charge in [-0.15, -0.1) is 0 Å². The average Bonchev–Trinajstić information content (AvgIpc) is 2.73. The molecular formula is C21H30N2O. The van der Waals surface area contributed by atoms with Crippen LogP contribution in [-0.2, 0) is 0 Å². The minimum atomic E-state index is -0.233. The van der Waals surface area contributed by atoms with E-state index in [9.17, 15) is 5.11 Å². The molecule has 3 heteroatoms. The number of hydrogen-bond donors (Lipinski definition) is 3. The quantitative estimate of drug-likeness (QED) is 0.784. The SMILES string of the molecule is CC12CCCC(C(O)CC3N/C(=C\N)c4ccccc43)(CC1)CC2. The van der Waals surface area contributed by atoms with Gasteiger partial charge in [-0.2, -0.15) is 0 Å². The number of fused-ring (bicyclic) bond motifs is 5. The molecule has 1 aromatic rings. The minimum Gasteiger partial charge on any atom is -0.403 e. The number of nitrogens with two attached hydrogens (primary N) is 1. The molecule has 0 saturated heterocycles. The topological polar surface area (TPSA) is 58.3 Å². The number of hydrogen-bond acceptors (Lipinski definition) is 3. The largest absolute Gasteiger partial charge is 0.403 e. The predicted molar refractivity (Wildman–Crippen MR) is 98.0 cm³/mol. The van der Waals surface area contributed by atoms with E-state index in [1.807, 2.05) is 0 Å². The zero-order valence-corrected chi connectivity index (χ0v) is 14.7. The third-order valence-electron chi connectivity index (χ3n) is 7.20. The minimum absolute atomic E-state index is 0.141. The van der Waals surface area contributed by atoms with Gasteiger partial charge >= 0.3 is 0 Å². The second kappa shape index (κ2) is 5.80. The Hall–Kier alpha value is -1.48. The summed E-state index contributed by atoms with van der Waals surface area (Å²) >= 11 is 0. The average molecular weight is 326 g/mol. The van der Waals surface area contributed by atoms with Crippen molar-refractivity contribution >= 4 is 5.70 Å². The summed E-state index contributed by atoms with van der Waals surface area (Å²) in [6, 6.07) is 8.59. The first-order valence-corrected chi connectivity index (χ1v) is 9.51. The van der Waals surface area contributed by atoms with Crippen molar-refractivity contribution in [1.29, 1.82) is 0 Å². The number of aliphatic hydroxyl groups excluding tert-OH is 1. The monoisotopic (exact) mass is 326 g/mol. The van der Waals surface area contributed by atoms with Gasteiger partial charge in [0.1, 0.15) is 0 Å². The van der Waals surface area contributed by atoms with E-state index in [4.69, 9.17) is 5.73 Å². The van der Waals surface area contributed by atoms with Gasteiger partial charge in [0, 0.05) is 11.8 Å². The lowest BCUT2D eigenvalue weighted by Gasteiger charge is -2.44. The number of benzene rings is 1. The van der Waals surface area contributed by atoms with Crippen LogP contribution in [0.1, 0.15) is 75.5 Å². The molecule has 0 spiro atoms. The van der Waals surface area contributed by atoms with E-state index in [0.717, 1.165) is 12.1 Å². The molecule has 2 unspecified atom stereocenters. The fourth-order valence-corrected chi connectivity index (χ4v) is 5.40. The van der Waals surface area contributed by atoms with Gasteiger partial charge in [-0.1, -0.05) is 37.6 Å². The van der Waals surface area contributed by atoms with E-state index < -0.39 is 0 Å². The van der Waals surface area contributed by atoms with Crippen LogP contribution in [0, 0.1) is 10.8 Å². The van der Waals surface area contributed by atoms with Crippen molar-refractivity contribution in [3.05, 3.63) is 41.6 Å². The molecule has 0 amide bonds. The first kappa shape index (κ1) is 16.0. The highest BCUT2D eigenvalue weighted by molar-refractivity contribution is 5.71. The summed E-state index contributed by atoms with van der Waals surface area (Å²) in [4.78, 5) is 0. The maximum absolute atomic E-state index is 11.2. The first-order valence-electron chi connectivity index (χ1n) is 9.51. The first-order chi connectivity index (χ1) is 11.6. The maximum Gasteiger partial charge on any atom is 0.0619 e. The lowest BCUT2D eigenvalue weighted by Crippen LogP contribution is -2.40. The molecular weight excluding hydrogens is 296 g/mol. The van der Waals surface area contributed by atoms with Gasteiger partial charge in [-0.05, 0) is 61.3 Å². The summed E-state index contributed by atoms with van der Waals surface area (Å²) in [5.41, 5.74) is 9.93. The summed E-state index contributed by atoms with van der Waals surface area (Å²) in [5.74, 6) is 0. The van der Waals surface area contributed by atoms with Crippen LogP contribution < -0.4 is 11.1 Å². The fourth-order valence-electron chi connectivity index (χ4n) is 5.40. The van der Waals surface area contributed by atoms with E-state index in [0.29, 0.717) is 5.41 Å². The van der Waals surface area contributed by atoms with Gasteiger partial charge in [0.25, 0.3) is 0 Å². The Morgan fingerprint density at radius 2 is 1.96 bits per heavy atom. The van der Waals surface area contributed by atoms with Crippen LogP contribution in [0.3, 0.4) is 0 Å². The Labute approximate surface area is 145 Å². The smallest absolute Gasteiger partial charge is 0.0619 e. The van der Waals surface area contributed by atoms with E-state index in [2.05, 4.69) is 36.5 Å². The van der Waals surface area contributed by atoms with Gasteiger partial charge in [0.05, 0.1) is 17.8 Å². The molecule has 4 N–H and O–H groups in total. The molecule has 0 radical (unpaired) electrons. The van der Waals surface area contributed by atoms with Gasteiger partial charge in [-0.25, -0.2) is 0 Å². The fraction of sp³-hybridized carbons (Fsp3) is 0.619. The molecule has 3 saturated carbocycles. The van der Waals surface area contributed by atoms with E-state index in [-0.39, 0.29) is 17.6 Å². The standard InChI is InChI=1S/C21H30N2O/c1-20-7-4-8-21(11-9-20,12-10-20)19(24)13-17-15-5-2-3-6-16(15)18(14-22)23-17/h2-3,5-6,14,17,19,23-24H,4,7-13,22H2,1H3/b18-14-. The second-order valence-corrected chi connectivity index (χ2v) is 8.64. The highest BCUT2D eigenvalue weighted by atomic mass is 16.3. The molecule has 3 fully saturated rings. The summed E-state index contributed by atoms with van der Waals surface area (Å²) < 4.78 is 0. The molecule has 4 aliphatic rings. The Morgan fingerprint density at radius 3 is 2.71 bits per heavy atom. The maximum atomic E-state index is 11.2. The lowest BCUT2D eigenvalue weighted by atomic mass is 9.63. The van der Waals surface area contributed by atoms with Crippen LogP contribution in [0.15, 0.2) is 30.5 Å². The highest BCUT2D eigenvalue weighted by Crippen LogP contribution is 2.56. The molecule has 5 rings (SSSR count). The van der Waals surface area contributed by atoms with Crippen molar-refractivity contribution in [2.45, 2.75) is 70.4 Å². The van der Waals surface area contributed by atoms with Crippen LogP contribution in [0.2, 0.25) is 0 Å². The van der Waals surface area contributed by atoms with Gasteiger partial charge < -0.3 is 16.2 Å². The molecule has 3 aliphatic carbocycles.